The van der Waals surface area contributed by atoms with Crippen molar-refractivity contribution in [3.8, 4) is 17.1 Å². The van der Waals surface area contributed by atoms with Gasteiger partial charge in [0.15, 0.2) is 34.6 Å². The number of carboxylic acids is 1. The molecule has 1 heterocycles. The molecular formula is C25H18F7N3O7. The number of nitrogens with zero attached hydrogens (tertiary/aromatic N) is 1. The quantitative estimate of drug-likeness (QED) is 0.222. The van der Waals surface area contributed by atoms with Crippen molar-refractivity contribution >= 4 is 23.6 Å². The lowest BCUT2D eigenvalue weighted by molar-refractivity contribution is -0.140. The number of carbonyl (C=O) groups is 4. The number of carbonyl (C=O) groups excluding carboxylic acids is 3. The van der Waals surface area contributed by atoms with Crippen LogP contribution in [0.4, 0.5) is 30.7 Å². The maximum atomic E-state index is 13.8. The van der Waals surface area contributed by atoms with Crippen LogP contribution >= 0.6 is 0 Å². The molecule has 17 heteroatoms. The number of amides is 2. The van der Waals surface area contributed by atoms with Crippen molar-refractivity contribution in [2.45, 2.75) is 31.6 Å². The molecule has 0 saturated heterocycles. The van der Waals surface area contributed by atoms with Gasteiger partial charge in [-0.25, -0.2) is 8.78 Å². The van der Waals surface area contributed by atoms with Gasteiger partial charge in [0, 0.05) is 17.7 Å². The fourth-order valence-electron chi connectivity index (χ4n) is 3.43. The highest BCUT2D eigenvalue weighted by Crippen LogP contribution is 2.37. The molecule has 3 rings (SSSR count). The summed E-state index contributed by atoms with van der Waals surface area (Å²) in [6.45, 7) is -0.233. The van der Waals surface area contributed by atoms with Gasteiger partial charge in [-0.3, -0.25) is 19.2 Å². The highest BCUT2D eigenvalue weighted by Gasteiger charge is 2.35. The SMILES string of the molecule is C[C@H](NC(=O)c1cc(-c2ccccc2C(F)(F)F)on1)C(=O)N[C@@H](CC(=O)O)C(=O)COc1c(F)c(F)cc(F)c1F. The van der Waals surface area contributed by atoms with E-state index in [-0.39, 0.29) is 6.07 Å². The van der Waals surface area contributed by atoms with Gasteiger partial charge >= 0.3 is 12.1 Å². The molecular weight excluding hydrogens is 587 g/mol. The normalized spacial score (nSPS) is 12.8. The number of nitrogens with one attached hydrogen (secondary N) is 2. The summed E-state index contributed by atoms with van der Waals surface area (Å²) in [7, 11) is 0. The van der Waals surface area contributed by atoms with Crippen molar-refractivity contribution in [3.05, 3.63) is 70.9 Å². The molecule has 0 fully saturated rings. The molecule has 2 atom stereocenters. The summed E-state index contributed by atoms with van der Waals surface area (Å²) in [6.07, 6.45) is -5.81. The number of ether oxygens (including phenoxy) is 1. The fraction of sp³-hybridized carbons (Fsp3) is 0.240. The molecule has 0 unspecified atom stereocenters. The van der Waals surface area contributed by atoms with Crippen LogP contribution < -0.4 is 15.4 Å². The van der Waals surface area contributed by atoms with E-state index in [4.69, 9.17) is 9.63 Å². The van der Waals surface area contributed by atoms with Crippen molar-refractivity contribution in [2.24, 2.45) is 0 Å². The van der Waals surface area contributed by atoms with Gasteiger partial charge in [0.05, 0.1) is 12.0 Å². The Balaban J connectivity index is 1.67. The van der Waals surface area contributed by atoms with E-state index in [0.29, 0.717) is 0 Å². The van der Waals surface area contributed by atoms with Crippen LogP contribution in [0, 0.1) is 23.3 Å². The molecule has 10 nitrogen and oxygen atoms in total. The molecule has 224 valence electrons. The van der Waals surface area contributed by atoms with E-state index in [1.165, 1.54) is 6.07 Å². The van der Waals surface area contributed by atoms with Crippen molar-refractivity contribution in [1.82, 2.24) is 15.8 Å². The van der Waals surface area contributed by atoms with E-state index in [0.717, 1.165) is 31.2 Å². The van der Waals surface area contributed by atoms with Crippen LogP contribution in [0.5, 0.6) is 5.75 Å². The third-order valence-electron chi connectivity index (χ3n) is 5.50. The lowest BCUT2D eigenvalue weighted by Gasteiger charge is -2.19. The molecule has 0 aliphatic rings. The van der Waals surface area contributed by atoms with Gasteiger partial charge in [-0.1, -0.05) is 23.4 Å². The molecule has 0 aliphatic heterocycles. The van der Waals surface area contributed by atoms with Crippen LogP contribution in [0.1, 0.15) is 29.4 Å². The summed E-state index contributed by atoms with van der Waals surface area (Å²) < 4.78 is 103. The Kier molecular flexibility index (Phi) is 9.54. The summed E-state index contributed by atoms with van der Waals surface area (Å²) in [6, 6.07) is 1.68. The molecule has 42 heavy (non-hydrogen) atoms. The van der Waals surface area contributed by atoms with Gasteiger partial charge in [-0.15, -0.1) is 0 Å². The second-order valence-corrected chi connectivity index (χ2v) is 8.53. The number of carboxylic acid groups (broad SMARTS) is 1. The minimum atomic E-state index is -4.75. The zero-order valence-electron chi connectivity index (χ0n) is 21.0. The Morgan fingerprint density at radius 3 is 2.21 bits per heavy atom. The number of benzene rings is 2. The Morgan fingerprint density at radius 2 is 1.62 bits per heavy atom. The predicted octanol–water partition coefficient (Wildman–Crippen LogP) is 3.64. The Hall–Kier alpha value is -4.96. The number of hydrogen-bond acceptors (Lipinski definition) is 7. The monoisotopic (exact) mass is 605 g/mol. The van der Waals surface area contributed by atoms with Gasteiger partial charge in [0.25, 0.3) is 5.91 Å². The number of ketones is 1. The molecule has 2 amide bonds. The Morgan fingerprint density at radius 1 is 1.00 bits per heavy atom. The standard InChI is InChI=1S/C25H18F7N3O7/c1-10(33-24(40)16-7-18(42-35-16)11-4-2-3-5-12(11)25(30,31)32)23(39)34-15(8-19(37)38)17(36)9-41-22-20(28)13(26)6-14(27)21(22)29/h2-7,10,15H,8-9H2,1H3,(H,33,40)(H,34,39)(H,37,38)/t10-,15-/m0/s1. The third kappa shape index (κ3) is 7.41. The first-order chi connectivity index (χ1) is 19.6. The minimum Gasteiger partial charge on any atom is -0.481 e. The van der Waals surface area contributed by atoms with E-state index in [1.54, 1.807) is 0 Å². The Labute approximate surface area is 230 Å². The van der Waals surface area contributed by atoms with Crippen LogP contribution in [0.3, 0.4) is 0 Å². The summed E-state index contributed by atoms with van der Waals surface area (Å²) in [5.74, 6) is -14.7. The van der Waals surface area contributed by atoms with Crippen LogP contribution in [0.2, 0.25) is 0 Å². The molecule has 3 aromatic rings. The number of hydrogen-bond donors (Lipinski definition) is 3. The van der Waals surface area contributed by atoms with Gasteiger partial charge in [-0.2, -0.15) is 22.0 Å². The topological polar surface area (TPSA) is 148 Å². The number of alkyl halides is 3. The largest absolute Gasteiger partial charge is 0.481 e. The highest BCUT2D eigenvalue weighted by molar-refractivity contribution is 5.98. The molecule has 1 aromatic heterocycles. The van der Waals surface area contributed by atoms with Crippen LogP contribution in [0.25, 0.3) is 11.3 Å². The van der Waals surface area contributed by atoms with Gasteiger partial charge < -0.3 is 25.0 Å². The smallest absolute Gasteiger partial charge is 0.417 e. The zero-order valence-corrected chi connectivity index (χ0v) is 21.0. The zero-order chi connectivity index (χ0) is 31.4. The van der Waals surface area contributed by atoms with E-state index in [9.17, 15) is 49.9 Å². The number of aromatic nitrogens is 1. The first-order valence-corrected chi connectivity index (χ1v) is 11.5. The summed E-state index contributed by atoms with van der Waals surface area (Å²) in [4.78, 5) is 48.7. The number of aliphatic carboxylic acids is 1. The summed E-state index contributed by atoms with van der Waals surface area (Å²) in [5, 5.41) is 16.6. The third-order valence-corrected chi connectivity index (χ3v) is 5.50. The molecule has 3 N–H and O–H groups in total. The van der Waals surface area contributed by atoms with Crippen molar-refractivity contribution in [3.63, 3.8) is 0 Å². The molecule has 2 aromatic carbocycles. The first-order valence-electron chi connectivity index (χ1n) is 11.5. The van der Waals surface area contributed by atoms with E-state index >= 15 is 0 Å². The first kappa shape index (κ1) is 31.6. The summed E-state index contributed by atoms with van der Waals surface area (Å²) in [5.41, 5.74) is -2.01. The van der Waals surface area contributed by atoms with Crippen molar-refractivity contribution < 1.29 is 64.3 Å². The van der Waals surface area contributed by atoms with Gasteiger partial charge in [0.2, 0.25) is 17.5 Å². The molecule has 0 bridgehead atoms. The second kappa shape index (κ2) is 12.7. The number of Topliss-reactive ketones (excluding diaryl/α,β-unsaturated/α-hetero) is 1. The lowest BCUT2D eigenvalue weighted by Crippen LogP contribution is -2.51. The van der Waals surface area contributed by atoms with Crippen LogP contribution in [0.15, 0.2) is 40.9 Å². The summed E-state index contributed by atoms with van der Waals surface area (Å²) >= 11 is 0. The molecule has 0 aliphatic carbocycles. The van der Waals surface area contributed by atoms with Crippen LogP contribution in [-0.2, 0) is 20.6 Å². The molecule has 0 saturated carbocycles. The minimum absolute atomic E-state index is 0.107. The average molecular weight is 605 g/mol. The average Bonchev–Trinajstić information content (AvgIpc) is 3.41. The second-order valence-electron chi connectivity index (χ2n) is 8.53. The van der Waals surface area contributed by atoms with E-state index in [2.05, 4.69) is 15.2 Å². The lowest BCUT2D eigenvalue weighted by atomic mass is 10.0. The fourth-order valence-corrected chi connectivity index (χ4v) is 3.43. The molecule has 0 spiro atoms. The maximum absolute atomic E-state index is 13.8. The van der Waals surface area contributed by atoms with Crippen molar-refractivity contribution in [2.75, 3.05) is 6.61 Å². The number of halogens is 7. The highest BCUT2D eigenvalue weighted by atomic mass is 19.4. The predicted molar refractivity (Wildman–Crippen MR) is 125 cm³/mol. The van der Waals surface area contributed by atoms with Crippen LogP contribution in [-0.4, -0.2) is 52.5 Å². The van der Waals surface area contributed by atoms with E-state index in [1.807, 2.05) is 5.32 Å². The van der Waals surface area contributed by atoms with E-state index < -0.39 is 106 Å². The van der Waals surface area contributed by atoms with Crippen molar-refractivity contribution in [1.29, 1.82) is 0 Å². The maximum Gasteiger partial charge on any atom is 0.417 e. The molecule has 0 radical (unpaired) electrons. The van der Waals surface area contributed by atoms with Gasteiger partial charge in [0.1, 0.15) is 18.7 Å². The Bertz CT molecular complexity index is 1500. The van der Waals surface area contributed by atoms with Gasteiger partial charge in [-0.05, 0) is 13.0 Å². The number of rotatable bonds is 11.